The summed E-state index contributed by atoms with van der Waals surface area (Å²) in [5.74, 6) is 0.565. The third-order valence-corrected chi connectivity index (χ3v) is 2.47. The first-order valence-corrected chi connectivity index (χ1v) is 6.07. The number of hydrogen-bond donors (Lipinski definition) is 2. The highest BCUT2D eigenvalue weighted by atomic mass is 32.1. The standard InChI is InChI=1S/C13H20N2S/c1-9(2)11-5-7-12(8-6-11)15-13(16)14-10(3)4/h5-10H,1-4H3,(H2,14,15,16). The lowest BCUT2D eigenvalue weighted by atomic mass is 10.0. The average molecular weight is 236 g/mol. The van der Waals surface area contributed by atoms with Crippen molar-refractivity contribution in [2.75, 3.05) is 5.32 Å². The van der Waals surface area contributed by atoms with Crippen LogP contribution in [0.2, 0.25) is 0 Å². The Balaban J connectivity index is 2.58. The quantitative estimate of drug-likeness (QED) is 0.785. The lowest BCUT2D eigenvalue weighted by molar-refractivity contribution is 0.739. The molecule has 0 spiro atoms. The van der Waals surface area contributed by atoms with E-state index in [1.54, 1.807) is 0 Å². The van der Waals surface area contributed by atoms with Crippen molar-refractivity contribution in [3.05, 3.63) is 29.8 Å². The Morgan fingerprint density at radius 3 is 2.06 bits per heavy atom. The van der Waals surface area contributed by atoms with Gasteiger partial charge < -0.3 is 10.6 Å². The molecule has 0 radical (unpaired) electrons. The first-order chi connectivity index (χ1) is 7.49. The second-order valence-electron chi connectivity index (χ2n) is 4.53. The van der Waals surface area contributed by atoms with Gasteiger partial charge >= 0.3 is 0 Å². The summed E-state index contributed by atoms with van der Waals surface area (Å²) in [5, 5.41) is 6.98. The van der Waals surface area contributed by atoms with Gasteiger partial charge in [-0.25, -0.2) is 0 Å². The highest BCUT2D eigenvalue weighted by Gasteiger charge is 2.01. The van der Waals surface area contributed by atoms with Crippen molar-refractivity contribution in [3.8, 4) is 0 Å². The molecule has 0 fully saturated rings. The van der Waals surface area contributed by atoms with Gasteiger partial charge in [0.05, 0.1) is 0 Å². The van der Waals surface area contributed by atoms with E-state index in [4.69, 9.17) is 12.2 Å². The van der Waals surface area contributed by atoms with E-state index in [9.17, 15) is 0 Å². The number of nitrogens with one attached hydrogen (secondary N) is 2. The number of benzene rings is 1. The molecule has 0 saturated carbocycles. The van der Waals surface area contributed by atoms with E-state index in [1.807, 2.05) is 0 Å². The molecule has 3 heteroatoms. The first-order valence-electron chi connectivity index (χ1n) is 5.66. The van der Waals surface area contributed by atoms with Gasteiger partial charge in [-0.15, -0.1) is 0 Å². The maximum atomic E-state index is 5.17. The zero-order valence-corrected chi connectivity index (χ0v) is 11.2. The van der Waals surface area contributed by atoms with E-state index in [-0.39, 0.29) is 0 Å². The predicted octanol–water partition coefficient (Wildman–Crippen LogP) is 3.50. The molecule has 1 aromatic rings. The average Bonchev–Trinajstić information content (AvgIpc) is 2.16. The van der Waals surface area contributed by atoms with Crippen LogP contribution < -0.4 is 10.6 Å². The van der Waals surface area contributed by atoms with Crippen LogP contribution in [0.25, 0.3) is 0 Å². The third kappa shape index (κ3) is 4.19. The Morgan fingerprint density at radius 2 is 1.62 bits per heavy atom. The van der Waals surface area contributed by atoms with Crippen molar-refractivity contribution < 1.29 is 0 Å². The fourth-order valence-electron chi connectivity index (χ4n) is 1.38. The fourth-order valence-corrected chi connectivity index (χ4v) is 1.73. The lowest BCUT2D eigenvalue weighted by Crippen LogP contribution is -2.33. The predicted molar refractivity (Wildman–Crippen MR) is 75.0 cm³/mol. The van der Waals surface area contributed by atoms with Crippen LogP contribution in [0.5, 0.6) is 0 Å². The molecule has 0 saturated heterocycles. The van der Waals surface area contributed by atoms with Crippen LogP contribution in [0.15, 0.2) is 24.3 Å². The van der Waals surface area contributed by atoms with Crippen LogP contribution in [-0.4, -0.2) is 11.2 Å². The lowest BCUT2D eigenvalue weighted by Gasteiger charge is -2.13. The molecule has 0 aromatic heterocycles. The van der Waals surface area contributed by atoms with Crippen LogP contribution in [-0.2, 0) is 0 Å². The summed E-state index contributed by atoms with van der Waals surface area (Å²) in [5.41, 5.74) is 2.37. The highest BCUT2D eigenvalue weighted by molar-refractivity contribution is 7.80. The topological polar surface area (TPSA) is 24.1 Å². The molecule has 0 unspecified atom stereocenters. The van der Waals surface area contributed by atoms with Crippen LogP contribution in [0.3, 0.4) is 0 Å². The summed E-state index contributed by atoms with van der Waals surface area (Å²) in [4.78, 5) is 0. The van der Waals surface area contributed by atoms with Gasteiger partial charge in [-0.05, 0) is 49.7 Å². The third-order valence-electron chi connectivity index (χ3n) is 2.25. The number of thiocarbonyl (C=S) groups is 1. The molecule has 0 aliphatic rings. The number of hydrogen-bond acceptors (Lipinski definition) is 1. The Morgan fingerprint density at radius 1 is 1.06 bits per heavy atom. The van der Waals surface area contributed by atoms with E-state index in [1.165, 1.54) is 5.56 Å². The molecule has 0 aliphatic heterocycles. The SMILES string of the molecule is CC(C)NC(=S)Nc1ccc(C(C)C)cc1. The van der Waals surface area contributed by atoms with Gasteiger partial charge in [0, 0.05) is 11.7 Å². The van der Waals surface area contributed by atoms with E-state index in [2.05, 4.69) is 62.6 Å². The molecule has 1 rings (SSSR count). The summed E-state index contributed by atoms with van der Waals surface area (Å²) < 4.78 is 0. The molecule has 2 nitrogen and oxygen atoms in total. The Kier molecular flexibility index (Phi) is 4.74. The summed E-state index contributed by atoms with van der Waals surface area (Å²) in [7, 11) is 0. The fraction of sp³-hybridized carbons (Fsp3) is 0.462. The minimum absolute atomic E-state index is 0.356. The zero-order valence-electron chi connectivity index (χ0n) is 10.4. The summed E-state index contributed by atoms with van der Waals surface area (Å²) in [6.45, 7) is 8.51. The Hall–Kier alpha value is -1.09. The van der Waals surface area contributed by atoms with Crippen LogP contribution in [0, 0.1) is 0 Å². The van der Waals surface area contributed by atoms with Crippen LogP contribution in [0.4, 0.5) is 5.69 Å². The van der Waals surface area contributed by atoms with E-state index < -0.39 is 0 Å². The van der Waals surface area contributed by atoms with Crippen molar-refractivity contribution in [1.29, 1.82) is 0 Å². The summed E-state index contributed by atoms with van der Waals surface area (Å²) in [6, 6.07) is 8.73. The zero-order chi connectivity index (χ0) is 12.1. The largest absolute Gasteiger partial charge is 0.360 e. The minimum Gasteiger partial charge on any atom is -0.360 e. The molecule has 88 valence electrons. The minimum atomic E-state index is 0.356. The second-order valence-corrected chi connectivity index (χ2v) is 4.94. The summed E-state index contributed by atoms with van der Waals surface area (Å²) >= 11 is 5.17. The molecule has 1 aromatic carbocycles. The molecule has 0 bridgehead atoms. The summed E-state index contributed by atoms with van der Waals surface area (Å²) in [6.07, 6.45) is 0. The smallest absolute Gasteiger partial charge is 0.170 e. The van der Waals surface area contributed by atoms with Gasteiger partial charge in [0.25, 0.3) is 0 Å². The number of anilines is 1. The number of rotatable bonds is 3. The first kappa shape index (κ1) is 13.0. The normalized spacial score (nSPS) is 10.6. The van der Waals surface area contributed by atoms with Gasteiger partial charge in [0.1, 0.15) is 0 Å². The highest BCUT2D eigenvalue weighted by Crippen LogP contribution is 2.16. The van der Waals surface area contributed by atoms with Crippen molar-refractivity contribution in [2.24, 2.45) is 0 Å². The van der Waals surface area contributed by atoms with E-state index in [0.717, 1.165) is 5.69 Å². The van der Waals surface area contributed by atoms with Gasteiger partial charge in [-0.1, -0.05) is 26.0 Å². The monoisotopic (exact) mass is 236 g/mol. The van der Waals surface area contributed by atoms with Gasteiger partial charge in [-0.2, -0.15) is 0 Å². The Bertz CT molecular complexity index is 341. The molecule has 2 N–H and O–H groups in total. The van der Waals surface area contributed by atoms with Crippen molar-refractivity contribution in [2.45, 2.75) is 39.7 Å². The van der Waals surface area contributed by atoms with Gasteiger partial charge in [-0.3, -0.25) is 0 Å². The van der Waals surface area contributed by atoms with Crippen molar-refractivity contribution in [1.82, 2.24) is 5.32 Å². The second kappa shape index (κ2) is 5.85. The maximum Gasteiger partial charge on any atom is 0.170 e. The van der Waals surface area contributed by atoms with E-state index in [0.29, 0.717) is 17.1 Å². The van der Waals surface area contributed by atoms with Crippen molar-refractivity contribution >= 4 is 23.0 Å². The molecule has 0 heterocycles. The van der Waals surface area contributed by atoms with Crippen LogP contribution >= 0.6 is 12.2 Å². The maximum absolute atomic E-state index is 5.17. The molecule has 0 atom stereocenters. The van der Waals surface area contributed by atoms with Gasteiger partial charge in [0.2, 0.25) is 0 Å². The molecule has 16 heavy (non-hydrogen) atoms. The van der Waals surface area contributed by atoms with E-state index >= 15 is 0 Å². The molecule has 0 amide bonds. The van der Waals surface area contributed by atoms with Crippen molar-refractivity contribution in [3.63, 3.8) is 0 Å². The molecular formula is C13H20N2S. The Labute approximate surface area is 103 Å². The van der Waals surface area contributed by atoms with Crippen LogP contribution in [0.1, 0.15) is 39.2 Å². The molecule has 0 aliphatic carbocycles. The molecular weight excluding hydrogens is 216 g/mol. The van der Waals surface area contributed by atoms with Gasteiger partial charge in [0.15, 0.2) is 5.11 Å².